The summed E-state index contributed by atoms with van der Waals surface area (Å²) in [6.45, 7) is 5.41. The molecule has 4 atom stereocenters. The third kappa shape index (κ3) is 5.20. The van der Waals surface area contributed by atoms with Crippen molar-refractivity contribution in [3.05, 3.63) is 64.9 Å². The molecular formula is C31H35NO8. The van der Waals surface area contributed by atoms with E-state index in [2.05, 4.69) is 0 Å². The first-order chi connectivity index (χ1) is 19.3. The van der Waals surface area contributed by atoms with E-state index in [0.717, 1.165) is 0 Å². The van der Waals surface area contributed by atoms with Crippen LogP contribution in [-0.4, -0.2) is 58.0 Å². The summed E-state index contributed by atoms with van der Waals surface area (Å²) in [6, 6.07) is 12.5. The summed E-state index contributed by atoms with van der Waals surface area (Å²) in [6.07, 6.45) is 0.288. The molecule has 0 saturated heterocycles. The second-order valence-electron chi connectivity index (χ2n) is 9.57. The Hall–Kier alpha value is -4.14. The zero-order valence-electron chi connectivity index (χ0n) is 23.7. The number of rotatable bonds is 9. The average Bonchev–Trinajstić information content (AvgIpc) is 2.96. The summed E-state index contributed by atoms with van der Waals surface area (Å²) in [5.74, 6) is -3.48. The van der Waals surface area contributed by atoms with Gasteiger partial charge in [0.05, 0.1) is 46.0 Å². The van der Waals surface area contributed by atoms with Crippen molar-refractivity contribution in [2.24, 2.45) is 16.8 Å². The van der Waals surface area contributed by atoms with Gasteiger partial charge >= 0.3 is 11.9 Å². The maximum atomic E-state index is 14.6. The molecule has 1 aliphatic carbocycles. The minimum atomic E-state index is -1.14. The number of carbonyl (C=O) groups excluding carboxylic acids is 3. The average molecular weight is 550 g/mol. The number of hydrogen-bond donors (Lipinski definition) is 0. The number of methoxy groups -OCH3 is 3. The van der Waals surface area contributed by atoms with Gasteiger partial charge < -0.3 is 23.7 Å². The van der Waals surface area contributed by atoms with Crippen LogP contribution in [0.4, 0.5) is 0 Å². The van der Waals surface area contributed by atoms with E-state index in [1.807, 2.05) is 18.2 Å². The zero-order chi connectivity index (χ0) is 29.0. The number of carbonyl (C=O) groups is 3. The lowest BCUT2D eigenvalue weighted by atomic mass is 9.62. The number of para-hydroxylation sites is 1. The molecule has 0 aromatic heterocycles. The lowest BCUT2D eigenvalue weighted by Crippen LogP contribution is -2.49. The predicted octanol–water partition coefficient (Wildman–Crippen LogP) is 4.64. The Labute approximate surface area is 234 Å². The summed E-state index contributed by atoms with van der Waals surface area (Å²) in [7, 11) is 4.60. The van der Waals surface area contributed by atoms with Crippen LogP contribution >= 0.6 is 0 Å². The number of esters is 2. The van der Waals surface area contributed by atoms with Gasteiger partial charge in [-0.25, -0.2) is 4.79 Å². The van der Waals surface area contributed by atoms with E-state index >= 15 is 0 Å². The normalized spacial score (nSPS) is 22.1. The number of nitrogens with zero attached hydrogens (tertiary/aromatic N) is 1. The topological polar surface area (TPSA) is 110 Å². The Bertz CT molecular complexity index is 1360. The van der Waals surface area contributed by atoms with Crippen molar-refractivity contribution in [2.45, 2.75) is 39.0 Å². The summed E-state index contributed by atoms with van der Waals surface area (Å²) >= 11 is 0. The standard InChI is InChI=1S/C31H35NO8/c1-7-39-30(34)25-17(3)32-22-16-20(19-11-9-10-12-23(19)37-5)27(31(35)40-8-2)29(33)28(22)26(25)21-15-18(36-4)13-14-24(21)38-6/h9-15,20,26-28H,7-8,16H2,1-6H3/t20-,26-,27-,28?/m1/s1. The minimum absolute atomic E-state index is 0.118. The Morgan fingerprint density at radius 1 is 0.875 bits per heavy atom. The molecule has 0 amide bonds. The molecule has 4 rings (SSSR count). The second kappa shape index (κ2) is 12.4. The van der Waals surface area contributed by atoms with Crippen LogP contribution < -0.4 is 14.2 Å². The lowest BCUT2D eigenvalue weighted by Gasteiger charge is -2.41. The number of hydrogen-bond acceptors (Lipinski definition) is 9. The maximum Gasteiger partial charge on any atom is 0.336 e. The Balaban J connectivity index is 1.97. The molecule has 0 radical (unpaired) electrons. The summed E-state index contributed by atoms with van der Waals surface area (Å²) < 4.78 is 27.6. The molecule has 0 N–H and O–H groups in total. The van der Waals surface area contributed by atoms with Crippen molar-refractivity contribution in [3.63, 3.8) is 0 Å². The van der Waals surface area contributed by atoms with E-state index in [4.69, 9.17) is 28.7 Å². The second-order valence-corrected chi connectivity index (χ2v) is 9.57. The van der Waals surface area contributed by atoms with Crippen molar-refractivity contribution in [3.8, 4) is 17.2 Å². The Kier molecular flexibility index (Phi) is 8.92. The van der Waals surface area contributed by atoms with Crippen molar-refractivity contribution in [2.75, 3.05) is 34.5 Å². The molecule has 1 unspecified atom stereocenters. The first kappa shape index (κ1) is 28.9. The van der Waals surface area contributed by atoms with Gasteiger partial charge in [-0.2, -0.15) is 0 Å². The number of fused-ring (bicyclic) bond motifs is 1. The number of Topliss-reactive ketones (excluding diaryl/α,β-unsaturated/α-hetero) is 1. The highest BCUT2D eigenvalue weighted by molar-refractivity contribution is 6.18. The van der Waals surface area contributed by atoms with Crippen molar-refractivity contribution in [1.82, 2.24) is 0 Å². The van der Waals surface area contributed by atoms with E-state index in [-0.39, 0.29) is 31.0 Å². The Morgan fingerprint density at radius 3 is 2.20 bits per heavy atom. The number of aliphatic imine (C=N–C) groups is 1. The van der Waals surface area contributed by atoms with Gasteiger partial charge in [-0.1, -0.05) is 18.2 Å². The van der Waals surface area contributed by atoms with Crippen LogP contribution in [0.5, 0.6) is 17.2 Å². The number of ether oxygens (including phenoxy) is 5. The number of ketones is 1. The van der Waals surface area contributed by atoms with Crippen molar-refractivity contribution >= 4 is 23.4 Å². The molecule has 0 spiro atoms. The van der Waals surface area contributed by atoms with E-state index < -0.39 is 35.6 Å². The van der Waals surface area contributed by atoms with Crippen LogP contribution in [0.25, 0.3) is 0 Å². The molecule has 212 valence electrons. The summed E-state index contributed by atoms with van der Waals surface area (Å²) in [5.41, 5.74) is 2.54. The zero-order valence-corrected chi connectivity index (χ0v) is 23.7. The molecule has 2 aliphatic rings. The molecule has 1 fully saturated rings. The SMILES string of the molecule is CCOC(=O)C1=C(C)N=C2C[C@H](c3ccccc3OC)[C@@H](C(=O)OCC)C(=O)C2[C@@H]1c1cc(OC)ccc1OC. The molecular weight excluding hydrogens is 514 g/mol. The van der Waals surface area contributed by atoms with Crippen LogP contribution in [-0.2, 0) is 23.9 Å². The molecule has 9 heteroatoms. The van der Waals surface area contributed by atoms with Gasteiger partial charge in [0.15, 0.2) is 5.78 Å². The minimum Gasteiger partial charge on any atom is -0.497 e. The van der Waals surface area contributed by atoms with Gasteiger partial charge in [0.2, 0.25) is 0 Å². The van der Waals surface area contributed by atoms with Crippen LogP contribution in [0.3, 0.4) is 0 Å². The van der Waals surface area contributed by atoms with Crippen LogP contribution in [0, 0.1) is 11.8 Å². The van der Waals surface area contributed by atoms with E-state index in [0.29, 0.717) is 39.8 Å². The molecule has 1 saturated carbocycles. The van der Waals surface area contributed by atoms with Gasteiger partial charge in [0, 0.05) is 28.8 Å². The molecule has 1 heterocycles. The Morgan fingerprint density at radius 2 is 1.55 bits per heavy atom. The van der Waals surface area contributed by atoms with Crippen molar-refractivity contribution in [1.29, 1.82) is 0 Å². The fourth-order valence-electron chi connectivity index (χ4n) is 5.84. The maximum absolute atomic E-state index is 14.6. The molecule has 2 aromatic rings. The van der Waals surface area contributed by atoms with E-state index in [1.165, 1.54) is 14.2 Å². The summed E-state index contributed by atoms with van der Waals surface area (Å²) in [5, 5.41) is 0. The first-order valence-electron chi connectivity index (χ1n) is 13.3. The van der Waals surface area contributed by atoms with E-state index in [1.54, 1.807) is 52.1 Å². The first-order valence-corrected chi connectivity index (χ1v) is 13.3. The largest absolute Gasteiger partial charge is 0.497 e. The fourth-order valence-corrected chi connectivity index (χ4v) is 5.84. The monoisotopic (exact) mass is 549 g/mol. The quantitative estimate of drug-likeness (QED) is 0.329. The molecule has 1 aliphatic heterocycles. The fraction of sp³-hybridized carbons (Fsp3) is 0.419. The molecule has 40 heavy (non-hydrogen) atoms. The van der Waals surface area contributed by atoms with Gasteiger partial charge in [-0.05, 0) is 57.0 Å². The predicted molar refractivity (Wildman–Crippen MR) is 148 cm³/mol. The van der Waals surface area contributed by atoms with Gasteiger partial charge in [-0.3, -0.25) is 14.6 Å². The smallest absolute Gasteiger partial charge is 0.336 e. The van der Waals surface area contributed by atoms with Crippen LogP contribution in [0.15, 0.2) is 58.7 Å². The highest BCUT2D eigenvalue weighted by atomic mass is 16.5. The third-order valence-electron chi connectivity index (χ3n) is 7.50. The van der Waals surface area contributed by atoms with Crippen LogP contribution in [0.2, 0.25) is 0 Å². The lowest BCUT2D eigenvalue weighted by molar-refractivity contribution is -0.153. The van der Waals surface area contributed by atoms with Gasteiger partial charge in [0.25, 0.3) is 0 Å². The summed E-state index contributed by atoms with van der Waals surface area (Å²) in [4.78, 5) is 46.2. The van der Waals surface area contributed by atoms with Crippen molar-refractivity contribution < 1.29 is 38.1 Å². The van der Waals surface area contributed by atoms with Crippen LogP contribution in [0.1, 0.15) is 50.2 Å². The highest BCUT2D eigenvalue weighted by Crippen LogP contribution is 2.51. The highest BCUT2D eigenvalue weighted by Gasteiger charge is 2.54. The van der Waals surface area contributed by atoms with Gasteiger partial charge in [0.1, 0.15) is 23.2 Å². The van der Waals surface area contributed by atoms with Gasteiger partial charge in [-0.15, -0.1) is 0 Å². The number of allylic oxidation sites excluding steroid dienone is 1. The molecule has 9 nitrogen and oxygen atoms in total. The number of benzene rings is 2. The molecule has 0 bridgehead atoms. The third-order valence-corrected chi connectivity index (χ3v) is 7.50. The van der Waals surface area contributed by atoms with E-state index in [9.17, 15) is 14.4 Å². The molecule has 2 aromatic carbocycles.